The Balaban J connectivity index is 0.000000387. The van der Waals surface area contributed by atoms with Crippen molar-refractivity contribution < 1.29 is 28.0 Å². The summed E-state index contributed by atoms with van der Waals surface area (Å²) in [6.07, 6.45) is 3.71. The molecule has 0 saturated carbocycles. The highest BCUT2D eigenvalue weighted by Gasteiger charge is 2.06. The van der Waals surface area contributed by atoms with Gasteiger partial charge in [0.1, 0.15) is 36.3 Å². The highest BCUT2D eigenvalue weighted by Crippen LogP contribution is 2.24. The molecule has 9 aromatic carbocycles. The highest BCUT2D eigenvalue weighted by atomic mass is 32.2. The van der Waals surface area contributed by atoms with Gasteiger partial charge >= 0.3 is 0 Å². The number of benzene rings is 9. The van der Waals surface area contributed by atoms with E-state index >= 15 is 0 Å². The molecule has 23 N–H and O–H groups in total. The summed E-state index contributed by atoms with van der Waals surface area (Å²) in [6.45, 7) is 26.0. The number of halogens is 2. The molecule has 0 aliphatic carbocycles. The summed E-state index contributed by atoms with van der Waals surface area (Å²) in [7, 11) is 2.96. The number of anilines is 1. The van der Waals surface area contributed by atoms with Crippen molar-refractivity contribution >= 4 is 63.4 Å². The molecule has 24 heteroatoms. The number of aromatic nitrogens is 1. The Kier molecular flexibility index (Phi) is 39.5. The second-order valence-corrected chi connectivity index (χ2v) is 23.0. The van der Waals surface area contributed by atoms with Gasteiger partial charge in [-0.1, -0.05) is 153 Å². The van der Waals surface area contributed by atoms with Crippen LogP contribution in [-0.2, 0) is 33.7 Å². The molecule has 0 radical (unpaired) electrons. The van der Waals surface area contributed by atoms with Crippen LogP contribution in [0.2, 0.25) is 0 Å². The number of hydrogen-bond acceptors (Lipinski definition) is 16. The van der Waals surface area contributed by atoms with E-state index in [4.69, 9.17) is 84.4 Å². The maximum absolute atomic E-state index is 12.8. The number of aryl methyl sites for hydroxylation is 9. The number of nitrogens with zero attached hydrogens (tertiary/aromatic N) is 5. The van der Waals surface area contributed by atoms with Gasteiger partial charge in [-0.05, 0) is 179 Å². The van der Waals surface area contributed by atoms with Crippen LogP contribution in [0.1, 0.15) is 94.6 Å². The fraction of sp³-hybridized carbons (Fsp3) is 0.182. The number of nitrogens with one attached hydrogen (secondary N) is 2. The fourth-order valence-electron chi connectivity index (χ4n) is 8.48. The van der Waals surface area contributed by atoms with Gasteiger partial charge in [-0.3, -0.25) is 15.8 Å². The van der Waals surface area contributed by atoms with Crippen LogP contribution in [-0.4, -0.2) is 53.6 Å². The number of hydrogen-bond donors (Lipinski definition) is 13. The normalized spacial score (nSPS) is 10.4. The zero-order valence-electron chi connectivity index (χ0n) is 59.0. The van der Waals surface area contributed by atoms with Crippen molar-refractivity contribution in [2.24, 2.45) is 67.1 Å². The van der Waals surface area contributed by atoms with Crippen molar-refractivity contribution in [3.63, 3.8) is 0 Å². The zero-order valence-corrected chi connectivity index (χ0v) is 59.8. The van der Waals surface area contributed by atoms with Crippen molar-refractivity contribution in [1.29, 1.82) is 10.8 Å². The average Bonchev–Trinajstić information content (AvgIpc) is 0.892. The predicted molar refractivity (Wildman–Crippen MR) is 411 cm³/mol. The van der Waals surface area contributed by atoms with Gasteiger partial charge in [-0.15, -0.1) is 0 Å². The number of amidine groups is 5. The summed E-state index contributed by atoms with van der Waals surface area (Å²) in [5.41, 5.74) is 66.3. The van der Waals surface area contributed by atoms with E-state index in [1.165, 1.54) is 60.8 Å². The highest BCUT2D eigenvalue weighted by molar-refractivity contribution is 7.94. The van der Waals surface area contributed by atoms with Crippen LogP contribution in [0.3, 0.4) is 0 Å². The Labute approximate surface area is 596 Å². The summed E-state index contributed by atoms with van der Waals surface area (Å²) >= 11 is 1.20. The molecule has 0 aliphatic heterocycles. The van der Waals surface area contributed by atoms with E-state index in [2.05, 4.69) is 60.1 Å². The first-order valence-corrected chi connectivity index (χ1v) is 31.8. The molecule has 1 aromatic heterocycles. The van der Waals surface area contributed by atoms with Crippen LogP contribution in [0.4, 0.5) is 20.2 Å². The summed E-state index contributed by atoms with van der Waals surface area (Å²) in [6, 6.07) is 57.7. The molecule has 532 valence electrons. The number of nitrogen functional groups attached to an aromatic ring is 3. The molecule has 0 unspecified atom stereocenters. The van der Waals surface area contributed by atoms with Crippen LogP contribution >= 0.6 is 12.0 Å². The first-order chi connectivity index (χ1) is 48.1. The molecule has 0 saturated heterocycles. The third-order valence-corrected chi connectivity index (χ3v) is 14.6. The molecule has 1 heterocycles. The number of oxime groups is 2. The minimum Gasteiger partial charge on any atom is -0.409 e. The standard InChI is InChI=1S/C10H9N.C9H12N2O.C9H10N2.C9H13NO2S.2C8H9FN2.C8H11N3.C8H10N2O.C8H12N2/c1-8-2-3-9-4-5-11-7-10(9)6-8;1-7-4-3-5-8(6-7)9(10)11-12-2;1-7-5-8(6-10)3-4-9(7)11-2;1-7-5-8(6-10)3-4-9(7)13-12-11-2;1-5-2-6(8(10)11)4-7(9)3-5;1-5-2-3-7(9)6(4-5)8(10)11;1-6-3-2-4-7(5-6)8(9)11-10;1-6-3-2-4-7(5-6)8(9)10-11;1-6-4-7(5-9)2-3-8(6)10/h2-7H,1H3;3-6H,1-2H3,(H2,10,11);3-5H,6,10H2,1H3;3-5H,6,10H2,1-2H3;2*2-4H,1H3,(H3,10,11);2-5H,10H2,1H3,(H2,9,11);2-5,11H,1H3,(H2,9,10);2-4H,5,9-10H2,1H3. The molecular formula is C77H95F2N17O4S. The first-order valence-electron chi connectivity index (χ1n) is 31.1. The lowest BCUT2D eigenvalue weighted by Gasteiger charge is -2.04. The lowest BCUT2D eigenvalue weighted by atomic mass is 10.1. The van der Waals surface area contributed by atoms with Crippen molar-refractivity contribution in [2.75, 3.05) is 20.0 Å². The lowest BCUT2D eigenvalue weighted by molar-refractivity contribution is -0.160. The van der Waals surface area contributed by atoms with Crippen molar-refractivity contribution in [3.05, 3.63) is 318 Å². The third-order valence-electron chi connectivity index (χ3n) is 13.8. The zero-order chi connectivity index (χ0) is 75.6. The Morgan fingerprint density at radius 3 is 1.48 bits per heavy atom. The molecule has 10 rings (SSSR count). The van der Waals surface area contributed by atoms with E-state index in [0.717, 1.165) is 88.5 Å². The van der Waals surface area contributed by atoms with Gasteiger partial charge < -0.3 is 67.5 Å². The number of fused-ring (bicyclic) bond motifs is 1. The molecule has 0 aliphatic rings. The fourth-order valence-corrected chi connectivity index (χ4v) is 8.93. The van der Waals surface area contributed by atoms with Gasteiger partial charge in [0.25, 0.3) is 0 Å². The van der Waals surface area contributed by atoms with E-state index in [1.807, 2.05) is 188 Å². The number of pyridine rings is 1. The number of hydrazone groups is 1. The van der Waals surface area contributed by atoms with E-state index in [1.54, 1.807) is 31.2 Å². The van der Waals surface area contributed by atoms with Gasteiger partial charge in [0.2, 0.25) is 0 Å². The largest absolute Gasteiger partial charge is 0.409 e. The smallest absolute Gasteiger partial charge is 0.190 e. The van der Waals surface area contributed by atoms with Gasteiger partial charge in [0.15, 0.2) is 17.4 Å². The van der Waals surface area contributed by atoms with Crippen molar-refractivity contribution in [3.8, 4) is 0 Å². The quantitative estimate of drug-likeness (QED) is 0.00622. The maximum Gasteiger partial charge on any atom is 0.190 e. The third kappa shape index (κ3) is 33.0. The molecule has 101 heavy (non-hydrogen) atoms. The summed E-state index contributed by atoms with van der Waals surface area (Å²) in [5, 5.41) is 34.8. The molecule has 21 nitrogen and oxygen atoms in total. The van der Waals surface area contributed by atoms with Crippen molar-refractivity contribution in [1.82, 2.24) is 4.98 Å². The molecule has 10 aromatic rings. The van der Waals surface area contributed by atoms with E-state index < -0.39 is 5.82 Å². The lowest BCUT2D eigenvalue weighted by Crippen LogP contribution is -2.15. The van der Waals surface area contributed by atoms with E-state index in [-0.39, 0.29) is 28.9 Å². The van der Waals surface area contributed by atoms with Crippen LogP contribution in [0.15, 0.2) is 221 Å². The maximum atomic E-state index is 12.8. The van der Waals surface area contributed by atoms with Crippen LogP contribution < -0.4 is 57.4 Å². The molecule has 0 atom stereocenters. The van der Waals surface area contributed by atoms with Crippen LogP contribution in [0.25, 0.3) is 15.6 Å². The summed E-state index contributed by atoms with van der Waals surface area (Å²) in [4.78, 5) is 17.5. The van der Waals surface area contributed by atoms with E-state index in [0.29, 0.717) is 42.6 Å². The summed E-state index contributed by atoms with van der Waals surface area (Å²) < 4.78 is 30.2. The molecule has 0 fully saturated rings. The SMILES string of the molecule is CON=C(N)c1cccc(C)c1.COOSc1ccc(CN)cc1C.Cc1cc(CN)ccc1N.Cc1cc(F)cc(C(=N)N)c1.Cc1ccc(F)c(C(=N)N)c1.Cc1ccc2ccncc2c1.Cc1cccc(C(N)=NN)c1.Cc1cccc(C(N)=NO)c1.[C-]#[N+]c1ccc(CN)cc1C. The minimum absolute atomic E-state index is 0.104. The number of rotatable bonds is 12. The molecule has 0 bridgehead atoms. The average molecular weight is 1390 g/mol. The predicted octanol–water partition coefficient (Wildman–Crippen LogP) is 13.4. The first kappa shape index (κ1) is 85.5. The Bertz CT molecular complexity index is 4310. The van der Waals surface area contributed by atoms with Gasteiger partial charge in [-0.25, -0.2) is 18.5 Å². The topological polar surface area (TPSA) is 410 Å². The van der Waals surface area contributed by atoms with Gasteiger partial charge in [0, 0.05) is 70.3 Å². The van der Waals surface area contributed by atoms with Gasteiger partial charge in [0.05, 0.1) is 31.3 Å². The van der Waals surface area contributed by atoms with E-state index in [9.17, 15) is 8.78 Å². The summed E-state index contributed by atoms with van der Waals surface area (Å²) in [5.74, 6) is 4.81. The van der Waals surface area contributed by atoms with Crippen molar-refractivity contribution in [2.45, 2.75) is 86.8 Å². The Hall–Kier alpha value is -11.6. The Morgan fingerprint density at radius 2 is 1.02 bits per heavy atom. The number of nitrogens with two attached hydrogens (primary N) is 10. The second kappa shape index (κ2) is 46.6. The molecule has 0 amide bonds. The van der Waals surface area contributed by atoms with Crippen LogP contribution in [0.5, 0.6) is 0 Å². The van der Waals surface area contributed by atoms with Gasteiger partial charge in [-0.2, -0.15) is 9.44 Å². The Morgan fingerprint density at radius 1 is 0.525 bits per heavy atom. The monoisotopic (exact) mass is 1390 g/mol. The molecule has 0 spiro atoms. The molecular weight excluding hydrogens is 1300 g/mol. The minimum atomic E-state index is -0.442. The second-order valence-electron chi connectivity index (χ2n) is 22.3. The van der Waals surface area contributed by atoms with Crippen LogP contribution in [0, 0.1) is 91.3 Å².